The molecule has 0 aliphatic rings. The molecule has 4 nitrogen and oxygen atoms in total. The molecule has 2 aromatic rings. The molecule has 1 heterocycles. The highest BCUT2D eigenvalue weighted by atomic mass is 79.9. The smallest absolute Gasteiger partial charge is 0.214 e. The van der Waals surface area contributed by atoms with Crippen molar-refractivity contribution in [3.8, 4) is 5.75 Å². The number of methoxy groups -OCH3 is 1. The van der Waals surface area contributed by atoms with E-state index in [1.807, 2.05) is 0 Å². The molecule has 0 N–H and O–H groups in total. The molecular weight excluding hydrogens is 303 g/mol. The van der Waals surface area contributed by atoms with Crippen LogP contribution in [0.25, 0.3) is 0 Å². The van der Waals surface area contributed by atoms with Crippen LogP contribution in [0, 0.1) is 5.82 Å². The molecule has 94 valence electrons. The molecule has 0 fully saturated rings. The number of hydrogen-bond donors (Lipinski definition) is 0. The number of aromatic nitrogens is 2. The van der Waals surface area contributed by atoms with Gasteiger partial charge in [-0.2, -0.15) is 5.10 Å². The summed E-state index contributed by atoms with van der Waals surface area (Å²) >= 11 is 3.05. The molecule has 0 atom stereocenters. The summed E-state index contributed by atoms with van der Waals surface area (Å²) in [7, 11) is 3.11. The number of carbonyl (C=O) groups is 1. The average Bonchev–Trinajstić information content (AvgIpc) is 2.73. The highest BCUT2D eigenvalue weighted by Crippen LogP contribution is 2.23. The van der Waals surface area contributed by atoms with Gasteiger partial charge in [0.15, 0.2) is 11.4 Å². The molecule has 0 bridgehead atoms. The second-order valence-electron chi connectivity index (χ2n) is 3.64. The van der Waals surface area contributed by atoms with Gasteiger partial charge < -0.3 is 4.74 Å². The van der Waals surface area contributed by atoms with E-state index in [1.54, 1.807) is 7.05 Å². The highest BCUT2D eigenvalue weighted by molar-refractivity contribution is 9.10. The summed E-state index contributed by atoms with van der Waals surface area (Å²) in [5, 5.41) is 3.96. The third kappa shape index (κ3) is 2.15. The molecule has 0 spiro atoms. The fraction of sp³-hybridized carbons (Fsp3) is 0.167. The Hall–Kier alpha value is -1.69. The molecule has 18 heavy (non-hydrogen) atoms. The first-order valence-electron chi connectivity index (χ1n) is 5.10. The molecule has 0 saturated carbocycles. The van der Waals surface area contributed by atoms with Crippen LogP contribution >= 0.6 is 15.9 Å². The second-order valence-corrected chi connectivity index (χ2v) is 4.50. The van der Waals surface area contributed by atoms with Gasteiger partial charge in [-0.3, -0.25) is 9.48 Å². The van der Waals surface area contributed by atoms with Gasteiger partial charge in [-0.05, 0) is 34.1 Å². The predicted octanol–water partition coefficient (Wildman–Crippen LogP) is 2.56. The molecule has 0 aliphatic heterocycles. The van der Waals surface area contributed by atoms with Gasteiger partial charge in [0.25, 0.3) is 0 Å². The zero-order valence-corrected chi connectivity index (χ0v) is 11.4. The monoisotopic (exact) mass is 312 g/mol. The van der Waals surface area contributed by atoms with E-state index in [2.05, 4.69) is 21.0 Å². The summed E-state index contributed by atoms with van der Waals surface area (Å²) in [6.45, 7) is 0. The van der Waals surface area contributed by atoms with Gasteiger partial charge in [0.05, 0.1) is 17.8 Å². The first-order valence-corrected chi connectivity index (χ1v) is 5.89. The van der Waals surface area contributed by atoms with Crippen LogP contribution in [0.4, 0.5) is 4.39 Å². The highest BCUT2D eigenvalue weighted by Gasteiger charge is 2.20. The van der Waals surface area contributed by atoms with Crippen molar-refractivity contribution < 1.29 is 13.9 Å². The minimum Gasteiger partial charge on any atom is -0.493 e. The molecule has 2 rings (SSSR count). The lowest BCUT2D eigenvalue weighted by atomic mass is 10.1. The van der Waals surface area contributed by atoms with Crippen LogP contribution in [0.5, 0.6) is 5.75 Å². The van der Waals surface area contributed by atoms with Gasteiger partial charge in [-0.25, -0.2) is 4.39 Å². The van der Waals surface area contributed by atoms with Crippen molar-refractivity contribution in [1.82, 2.24) is 9.78 Å². The first-order chi connectivity index (χ1) is 8.54. The second kappa shape index (κ2) is 4.89. The number of rotatable bonds is 3. The molecule has 0 aliphatic carbocycles. The zero-order chi connectivity index (χ0) is 13.3. The van der Waals surface area contributed by atoms with Crippen molar-refractivity contribution in [2.24, 2.45) is 7.05 Å². The molecule has 6 heteroatoms. The van der Waals surface area contributed by atoms with E-state index in [9.17, 15) is 9.18 Å². The van der Waals surface area contributed by atoms with Crippen molar-refractivity contribution in [1.29, 1.82) is 0 Å². The minimum absolute atomic E-state index is 0.245. The van der Waals surface area contributed by atoms with Gasteiger partial charge >= 0.3 is 0 Å². The lowest BCUT2D eigenvalue weighted by molar-refractivity contribution is 0.102. The van der Waals surface area contributed by atoms with Crippen LogP contribution in [0.1, 0.15) is 16.1 Å². The number of carbonyl (C=O) groups excluding carboxylic acids is 1. The minimum atomic E-state index is -0.413. The normalized spacial score (nSPS) is 10.4. The lowest BCUT2D eigenvalue weighted by Crippen LogP contribution is -2.09. The molecule has 0 saturated heterocycles. The Balaban J connectivity index is 2.47. The summed E-state index contributed by atoms with van der Waals surface area (Å²) in [4.78, 5) is 12.3. The van der Waals surface area contributed by atoms with Crippen LogP contribution in [0.15, 0.2) is 28.9 Å². The van der Waals surface area contributed by atoms with Gasteiger partial charge in [0.1, 0.15) is 5.82 Å². The molecule has 1 aromatic carbocycles. The predicted molar refractivity (Wildman–Crippen MR) is 67.3 cm³/mol. The summed E-state index contributed by atoms with van der Waals surface area (Å²) in [6, 6.07) is 4.10. The molecule has 0 radical (unpaired) electrons. The third-order valence-corrected chi connectivity index (χ3v) is 3.13. The fourth-order valence-corrected chi connectivity index (χ4v) is 1.98. The lowest BCUT2D eigenvalue weighted by Gasteiger charge is -2.05. The Bertz CT molecular complexity index is 610. The Morgan fingerprint density at radius 3 is 2.83 bits per heavy atom. The van der Waals surface area contributed by atoms with E-state index in [-0.39, 0.29) is 10.3 Å². The van der Waals surface area contributed by atoms with E-state index < -0.39 is 5.82 Å². The average molecular weight is 313 g/mol. The number of hydrogen-bond acceptors (Lipinski definition) is 3. The summed E-state index contributed by atoms with van der Waals surface area (Å²) in [5.74, 6) is -0.293. The molecule has 0 amide bonds. The number of halogens is 2. The Morgan fingerprint density at radius 2 is 2.22 bits per heavy atom. The quantitative estimate of drug-likeness (QED) is 0.818. The molecular formula is C12H10BrFN2O2. The van der Waals surface area contributed by atoms with Crippen molar-refractivity contribution in [2.75, 3.05) is 7.11 Å². The van der Waals surface area contributed by atoms with E-state index in [0.29, 0.717) is 17.0 Å². The van der Waals surface area contributed by atoms with Gasteiger partial charge in [0.2, 0.25) is 5.78 Å². The number of ether oxygens (including phenoxy) is 1. The van der Waals surface area contributed by atoms with Crippen LogP contribution in [-0.2, 0) is 7.05 Å². The fourth-order valence-electron chi connectivity index (χ4n) is 1.60. The van der Waals surface area contributed by atoms with E-state index in [0.717, 1.165) is 0 Å². The summed E-state index contributed by atoms with van der Waals surface area (Å²) < 4.78 is 19.9. The van der Waals surface area contributed by atoms with Crippen molar-refractivity contribution in [3.63, 3.8) is 0 Å². The maximum Gasteiger partial charge on any atom is 0.214 e. The molecule has 1 aromatic heterocycles. The Labute approximate surface area is 111 Å². The van der Waals surface area contributed by atoms with Crippen molar-refractivity contribution in [3.05, 3.63) is 45.9 Å². The van der Waals surface area contributed by atoms with Crippen molar-refractivity contribution >= 4 is 21.7 Å². The third-order valence-electron chi connectivity index (χ3n) is 2.52. The Kier molecular flexibility index (Phi) is 3.47. The SMILES string of the molecule is COc1cnn(C)c1C(=O)c1ccc(F)c(Br)c1. The zero-order valence-electron chi connectivity index (χ0n) is 9.78. The number of nitrogens with zero attached hydrogens (tertiary/aromatic N) is 2. The maximum absolute atomic E-state index is 13.1. The topological polar surface area (TPSA) is 44.1 Å². The Morgan fingerprint density at radius 1 is 1.50 bits per heavy atom. The van der Waals surface area contributed by atoms with Gasteiger partial charge in [0, 0.05) is 12.6 Å². The van der Waals surface area contributed by atoms with Crippen LogP contribution < -0.4 is 4.74 Å². The summed E-state index contributed by atoms with van der Waals surface area (Å²) in [5.41, 5.74) is 0.696. The summed E-state index contributed by atoms with van der Waals surface area (Å²) in [6.07, 6.45) is 1.46. The maximum atomic E-state index is 13.1. The number of aryl methyl sites for hydroxylation is 1. The van der Waals surface area contributed by atoms with Gasteiger partial charge in [-0.15, -0.1) is 0 Å². The van der Waals surface area contributed by atoms with Crippen molar-refractivity contribution in [2.45, 2.75) is 0 Å². The van der Waals surface area contributed by atoms with E-state index in [1.165, 1.54) is 36.2 Å². The first kappa shape index (κ1) is 12.8. The van der Waals surface area contributed by atoms with Crippen LogP contribution in [-0.4, -0.2) is 22.7 Å². The van der Waals surface area contributed by atoms with Gasteiger partial charge in [-0.1, -0.05) is 0 Å². The number of ketones is 1. The number of benzene rings is 1. The van der Waals surface area contributed by atoms with E-state index >= 15 is 0 Å². The standard InChI is InChI=1S/C12H10BrFN2O2/c1-16-11(10(18-2)6-15-16)12(17)7-3-4-9(14)8(13)5-7/h3-6H,1-2H3. The largest absolute Gasteiger partial charge is 0.493 e. The van der Waals surface area contributed by atoms with E-state index in [4.69, 9.17) is 4.74 Å². The van der Waals surface area contributed by atoms with Crippen LogP contribution in [0.2, 0.25) is 0 Å². The molecule has 0 unspecified atom stereocenters. The van der Waals surface area contributed by atoms with Crippen LogP contribution in [0.3, 0.4) is 0 Å².